The van der Waals surface area contributed by atoms with Crippen LogP contribution in [0.1, 0.15) is 35.3 Å². The molecule has 1 aliphatic heterocycles. The fraction of sp³-hybridized carbons (Fsp3) is 0.308. The Morgan fingerprint density at radius 1 is 1.03 bits per heavy atom. The zero-order chi connectivity index (χ0) is 25.9. The molecule has 0 radical (unpaired) electrons. The number of halogens is 2. The van der Waals surface area contributed by atoms with Gasteiger partial charge in [-0.2, -0.15) is 5.10 Å². The molecule has 0 aliphatic carbocycles. The minimum Gasteiger partial charge on any atom is -0.319 e. The van der Waals surface area contributed by atoms with E-state index in [9.17, 15) is 13.8 Å². The fourth-order valence-corrected chi connectivity index (χ4v) is 5.98. The first-order valence-electron chi connectivity index (χ1n) is 11.8. The number of nitrogens with zero attached hydrogens (tertiary/aromatic N) is 5. The van der Waals surface area contributed by atoms with E-state index in [0.717, 1.165) is 29.5 Å². The molecule has 7 nitrogen and oxygen atoms in total. The van der Waals surface area contributed by atoms with E-state index in [1.54, 1.807) is 65.5 Å². The molecule has 0 amide bonds. The Kier molecular flexibility index (Phi) is 7.44. The van der Waals surface area contributed by atoms with Gasteiger partial charge in [0, 0.05) is 42.3 Å². The highest BCUT2D eigenvalue weighted by molar-refractivity contribution is 7.70. The predicted molar refractivity (Wildman–Crippen MR) is 153 cm³/mol. The molecule has 3 heterocycles. The number of fused-ring (bicyclic) bond motifs is 1. The van der Waals surface area contributed by atoms with Crippen LogP contribution in [0.3, 0.4) is 0 Å². The summed E-state index contributed by atoms with van der Waals surface area (Å²) < 4.78 is 33.9. The summed E-state index contributed by atoms with van der Waals surface area (Å²) in [4.78, 5) is 13.7. The van der Waals surface area contributed by atoms with Crippen molar-refractivity contribution in [3.63, 3.8) is 0 Å². The molecule has 0 fully saturated rings. The lowest BCUT2D eigenvalue weighted by atomic mass is 10.0. The minimum atomic E-state index is -2.39. The van der Waals surface area contributed by atoms with Gasteiger partial charge in [-0.3, -0.25) is 13.8 Å². The summed E-state index contributed by atoms with van der Waals surface area (Å²) in [5.74, 6) is 0.416. The second-order valence-corrected chi connectivity index (χ2v) is 13.7. The van der Waals surface area contributed by atoms with Crippen LogP contribution in [0, 0.1) is 19.7 Å². The Bertz CT molecular complexity index is 1560. The van der Waals surface area contributed by atoms with E-state index in [4.69, 9.17) is 5.10 Å². The summed E-state index contributed by atoms with van der Waals surface area (Å²) in [7, 11) is 0.375. The van der Waals surface area contributed by atoms with Crippen LogP contribution in [-0.4, -0.2) is 43.5 Å². The number of aryl methyl sites for hydroxylation is 2. The SMILES string of the molecule is Cc1cc(-n2nc3c(c2-n2ccn(-c4ccc(P(C)(C)=O)cc4)c2=O)[C@H](C)N(P)CC3)cc(C)c1F.Cl. The average Bonchev–Trinajstić information content (AvgIpc) is 3.39. The standard InChI is InChI=1S/C26H30FN5O2P2.ClH/c1-16-14-20(15-17(2)24(16)27)32-25(23-18(3)31(35)11-10-22(23)28-32)30-13-12-29(26(30)33)19-6-8-21(9-7-19)36(4,5)34;/h6-9,12-15,18H,10-11,35H2,1-5H3;1H/t18-;/m0./s1. The van der Waals surface area contributed by atoms with Crippen LogP contribution < -0.4 is 11.0 Å². The van der Waals surface area contributed by atoms with Crippen molar-refractivity contribution in [1.29, 1.82) is 0 Å². The lowest BCUT2D eigenvalue weighted by molar-refractivity contribution is 0.359. The topological polar surface area (TPSA) is 65.1 Å². The van der Waals surface area contributed by atoms with Crippen molar-refractivity contribution in [2.24, 2.45) is 0 Å². The Morgan fingerprint density at radius 3 is 2.22 bits per heavy atom. The molecule has 1 unspecified atom stereocenters. The molecule has 2 atom stereocenters. The molecule has 37 heavy (non-hydrogen) atoms. The molecule has 0 spiro atoms. The molecular weight excluding hydrogens is 531 g/mol. The average molecular weight is 562 g/mol. The van der Waals surface area contributed by atoms with Crippen LogP contribution in [0.4, 0.5) is 4.39 Å². The van der Waals surface area contributed by atoms with Gasteiger partial charge in [0.15, 0.2) is 0 Å². The van der Waals surface area contributed by atoms with Crippen molar-refractivity contribution in [3.05, 3.63) is 87.5 Å². The number of hydrogen-bond donors (Lipinski definition) is 0. The smallest absolute Gasteiger partial charge is 0.319 e. The maximum Gasteiger partial charge on any atom is 0.338 e. The highest BCUT2D eigenvalue weighted by Crippen LogP contribution is 2.37. The van der Waals surface area contributed by atoms with E-state index in [2.05, 4.69) is 21.0 Å². The van der Waals surface area contributed by atoms with E-state index in [1.165, 1.54) is 0 Å². The molecule has 1 aliphatic rings. The second-order valence-electron chi connectivity index (χ2n) is 9.84. The van der Waals surface area contributed by atoms with E-state index < -0.39 is 7.14 Å². The van der Waals surface area contributed by atoms with Crippen molar-refractivity contribution in [1.82, 2.24) is 23.6 Å². The van der Waals surface area contributed by atoms with E-state index in [1.807, 2.05) is 24.3 Å². The van der Waals surface area contributed by atoms with Gasteiger partial charge in [-0.25, -0.2) is 13.9 Å². The van der Waals surface area contributed by atoms with Gasteiger partial charge in [0.25, 0.3) is 0 Å². The molecule has 196 valence electrons. The minimum absolute atomic E-state index is 0. The lowest BCUT2D eigenvalue weighted by Gasteiger charge is -2.29. The van der Waals surface area contributed by atoms with Gasteiger partial charge in [-0.1, -0.05) is 9.39 Å². The molecule has 11 heteroatoms. The molecule has 2 aromatic heterocycles. The monoisotopic (exact) mass is 561 g/mol. The summed E-state index contributed by atoms with van der Waals surface area (Å²) in [6.07, 6.45) is 4.21. The molecule has 0 N–H and O–H groups in total. The van der Waals surface area contributed by atoms with Crippen molar-refractivity contribution in [3.8, 4) is 17.2 Å². The van der Waals surface area contributed by atoms with Gasteiger partial charge in [-0.15, -0.1) is 12.4 Å². The van der Waals surface area contributed by atoms with Gasteiger partial charge in [-0.05, 0) is 81.6 Å². The quantitative estimate of drug-likeness (QED) is 0.331. The van der Waals surface area contributed by atoms with Crippen molar-refractivity contribution in [2.75, 3.05) is 19.9 Å². The Morgan fingerprint density at radius 2 is 1.62 bits per heavy atom. The van der Waals surface area contributed by atoms with Crippen LogP contribution in [0.2, 0.25) is 0 Å². The number of rotatable bonds is 4. The fourth-order valence-electron chi connectivity index (χ4n) is 4.84. The number of hydrogen-bond acceptors (Lipinski definition) is 4. The molecule has 2 aromatic carbocycles. The Hall–Kier alpha value is -2.50. The molecule has 0 saturated carbocycles. The lowest BCUT2D eigenvalue weighted by Crippen LogP contribution is -2.28. The number of benzene rings is 2. The van der Waals surface area contributed by atoms with Gasteiger partial charge in [0.2, 0.25) is 0 Å². The van der Waals surface area contributed by atoms with E-state index in [0.29, 0.717) is 28.3 Å². The van der Waals surface area contributed by atoms with Crippen LogP contribution in [0.15, 0.2) is 53.6 Å². The van der Waals surface area contributed by atoms with E-state index in [-0.39, 0.29) is 30.0 Å². The van der Waals surface area contributed by atoms with Crippen molar-refractivity contribution < 1.29 is 8.96 Å². The molecule has 0 saturated heterocycles. The zero-order valence-corrected chi connectivity index (χ0v) is 24.3. The molecular formula is C26H31ClFN5O2P2. The molecule has 5 rings (SSSR count). The van der Waals surface area contributed by atoms with Gasteiger partial charge in [0.1, 0.15) is 18.8 Å². The number of imidazole rings is 1. The summed E-state index contributed by atoms with van der Waals surface area (Å²) in [6, 6.07) is 10.8. The van der Waals surface area contributed by atoms with Crippen molar-refractivity contribution in [2.45, 2.75) is 33.2 Å². The Labute approximate surface area is 224 Å². The van der Waals surface area contributed by atoms with Gasteiger partial charge < -0.3 is 4.57 Å². The Balaban J connectivity index is 0.00000320. The second kappa shape index (κ2) is 9.99. The highest BCUT2D eigenvalue weighted by atomic mass is 35.5. The van der Waals surface area contributed by atoms with Gasteiger partial charge >= 0.3 is 5.69 Å². The summed E-state index contributed by atoms with van der Waals surface area (Å²) in [6.45, 7) is 9.85. The van der Waals surface area contributed by atoms with Crippen LogP contribution in [-0.2, 0) is 11.0 Å². The zero-order valence-electron chi connectivity index (χ0n) is 21.5. The summed E-state index contributed by atoms with van der Waals surface area (Å²) >= 11 is 0. The summed E-state index contributed by atoms with van der Waals surface area (Å²) in [5.41, 5.74) is 4.12. The third-order valence-corrected chi connectivity index (χ3v) is 9.16. The molecule has 0 bridgehead atoms. The molecule has 4 aromatic rings. The van der Waals surface area contributed by atoms with Gasteiger partial charge in [0.05, 0.1) is 17.1 Å². The highest BCUT2D eigenvalue weighted by Gasteiger charge is 2.31. The first kappa shape index (κ1) is 27.5. The van der Waals surface area contributed by atoms with Crippen LogP contribution in [0.5, 0.6) is 0 Å². The normalized spacial score (nSPS) is 15.9. The number of aromatic nitrogens is 4. The maximum absolute atomic E-state index is 14.4. The first-order valence-corrected chi connectivity index (χ1v) is 15.0. The first-order chi connectivity index (χ1) is 17.0. The third kappa shape index (κ3) is 4.77. The summed E-state index contributed by atoms with van der Waals surface area (Å²) in [5, 5.41) is 5.68. The van der Waals surface area contributed by atoms with Crippen molar-refractivity contribution >= 4 is 34.2 Å². The maximum atomic E-state index is 14.4. The third-order valence-electron chi connectivity index (χ3n) is 6.92. The predicted octanol–water partition coefficient (Wildman–Crippen LogP) is 4.95. The van der Waals surface area contributed by atoms with Crippen LogP contribution >= 0.6 is 28.9 Å². The van der Waals surface area contributed by atoms with Crippen LogP contribution in [0.25, 0.3) is 17.2 Å². The largest absolute Gasteiger partial charge is 0.338 e. The van der Waals surface area contributed by atoms with E-state index >= 15 is 0 Å².